The van der Waals surface area contributed by atoms with Crippen LogP contribution in [0.1, 0.15) is 24.5 Å². The first-order chi connectivity index (χ1) is 8.61. The minimum Gasteiger partial charge on any atom is -0.386 e. The van der Waals surface area contributed by atoms with Crippen molar-refractivity contribution in [3.8, 4) is 0 Å². The normalized spacial score (nSPS) is 21.6. The average molecular weight is 245 g/mol. The van der Waals surface area contributed by atoms with Gasteiger partial charge in [-0.25, -0.2) is 0 Å². The molecule has 0 aromatic heterocycles. The first-order valence-electron chi connectivity index (χ1n) is 6.69. The van der Waals surface area contributed by atoms with Gasteiger partial charge in [-0.2, -0.15) is 0 Å². The maximum Gasteiger partial charge on any atom is 0.226 e. The summed E-state index contributed by atoms with van der Waals surface area (Å²) in [7, 11) is 0. The van der Waals surface area contributed by atoms with Crippen molar-refractivity contribution >= 4 is 5.91 Å². The molecule has 3 heteroatoms. The zero-order valence-corrected chi connectivity index (χ0v) is 10.7. The van der Waals surface area contributed by atoms with E-state index in [1.54, 1.807) is 4.90 Å². The molecule has 0 atom stereocenters. The number of benzene rings is 1. The summed E-state index contributed by atoms with van der Waals surface area (Å²) in [5.41, 5.74) is 1.99. The molecule has 1 heterocycles. The van der Waals surface area contributed by atoms with Gasteiger partial charge >= 0.3 is 0 Å². The molecular formula is C15H19NO2. The van der Waals surface area contributed by atoms with Crippen LogP contribution in [0.4, 0.5) is 0 Å². The molecule has 0 bridgehead atoms. The molecule has 1 saturated heterocycles. The maximum absolute atomic E-state index is 12.3. The van der Waals surface area contributed by atoms with Gasteiger partial charge in [0.05, 0.1) is 18.7 Å². The maximum atomic E-state index is 12.3. The molecule has 0 radical (unpaired) electrons. The Morgan fingerprint density at radius 1 is 1.33 bits per heavy atom. The Balaban J connectivity index is 1.64. The van der Waals surface area contributed by atoms with E-state index in [-0.39, 0.29) is 11.8 Å². The molecule has 3 rings (SSSR count). The highest BCUT2D eigenvalue weighted by molar-refractivity contribution is 5.81. The second-order valence-corrected chi connectivity index (χ2v) is 5.65. The van der Waals surface area contributed by atoms with Gasteiger partial charge in [-0.1, -0.05) is 31.2 Å². The number of carbonyl (C=O) groups excluding carboxylic acids is 1. The Hall–Kier alpha value is -1.35. The van der Waals surface area contributed by atoms with Gasteiger partial charge in [0.1, 0.15) is 0 Å². The lowest BCUT2D eigenvalue weighted by molar-refractivity contribution is -0.159. The van der Waals surface area contributed by atoms with Gasteiger partial charge in [0, 0.05) is 5.92 Å². The molecule has 1 aliphatic carbocycles. The lowest BCUT2D eigenvalue weighted by Gasteiger charge is -2.47. The predicted molar refractivity (Wildman–Crippen MR) is 69.2 cm³/mol. The SMILES string of the molecule is CCC1(O)CN(C(=O)C2Cc3ccccc3C2)C1. The molecule has 1 N–H and O–H groups in total. The van der Waals surface area contributed by atoms with Crippen LogP contribution in [0.25, 0.3) is 0 Å². The van der Waals surface area contributed by atoms with Crippen molar-refractivity contribution in [1.29, 1.82) is 0 Å². The van der Waals surface area contributed by atoms with E-state index in [4.69, 9.17) is 0 Å². The fourth-order valence-corrected chi connectivity index (χ4v) is 3.04. The van der Waals surface area contributed by atoms with Crippen LogP contribution in [0.15, 0.2) is 24.3 Å². The monoisotopic (exact) mass is 245 g/mol. The fraction of sp³-hybridized carbons (Fsp3) is 0.533. The van der Waals surface area contributed by atoms with Crippen LogP contribution in [-0.2, 0) is 17.6 Å². The van der Waals surface area contributed by atoms with Crippen LogP contribution in [-0.4, -0.2) is 34.6 Å². The van der Waals surface area contributed by atoms with E-state index in [0.29, 0.717) is 13.1 Å². The molecule has 96 valence electrons. The Bertz CT molecular complexity index is 452. The van der Waals surface area contributed by atoms with Crippen LogP contribution in [0.5, 0.6) is 0 Å². The zero-order chi connectivity index (χ0) is 12.8. The lowest BCUT2D eigenvalue weighted by Crippen LogP contribution is -2.64. The van der Waals surface area contributed by atoms with Gasteiger partial charge < -0.3 is 10.0 Å². The van der Waals surface area contributed by atoms with E-state index in [0.717, 1.165) is 19.3 Å². The molecule has 3 nitrogen and oxygen atoms in total. The first kappa shape index (κ1) is 11.7. The molecule has 1 aromatic rings. The Kier molecular flexibility index (Phi) is 2.67. The highest BCUT2D eigenvalue weighted by atomic mass is 16.3. The highest BCUT2D eigenvalue weighted by Gasteiger charge is 2.44. The molecule has 18 heavy (non-hydrogen) atoms. The number of amides is 1. The molecule has 0 saturated carbocycles. The smallest absolute Gasteiger partial charge is 0.226 e. The van der Waals surface area contributed by atoms with Crippen LogP contribution in [0.2, 0.25) is 0 Å². The van der Waals surface area contributed by atoms with Crippen LogP contribution < -0.4 is 0 Å². The molecule has 2 aliphatic rings. The quantitative estimate of drug-likeness (QED) is 0.855. The third-order valence-electron chi connectivity index (χ3n) is 4.34. The Morgan fingerprint density at radius 3 is 2.39 bits per heavy atom. The van der Waals surface area contributed by atoms with Crippen LogP contribution >= 0.6 is 0 Å². The van der Waals surface area contributed by atoms with Crippen LogP contribution in [0.3, 0.4) is 0 Å². The van der Waals surface area contributed by atoms with Gasteiger partial charge in [0.15, 0.2) is 0 Å². The van der Waals surface area contributed by atoms with Crippen molar-refractivity contribution in [2.45, 2.75) is 31.8 Å². The first-order valence-corrected chi connectivity index (χ1v) is 6.69. The second-order valence-electron chi connectivity index (χ2n) is 5.65. The van der Waals surface area contributed by atoms with E-state index in [1.807, 2.05) is 19.1 Å². The summed E-state index contributed by atoms with van der Waals surface area (Å²) in [6.45, 7) is 2.98. The van der Waals surface area contributed by atoms with Crippen molar-refractivity contribution in [3.63, 3.8) is 0 Å². The van der Waals surface area contributed by atoms with Crippen molar-refractivity contribution in [2.24, 2.45) is 5.92 Å². The summed E-state index contributed by atoms with van der Waals surface area (Å²) >= 11 is 0. The van der Waals surface area contributed by atoms with Crippen molar-refractivity contribution in [1.82, 2.24) is 4.90 Å². The van der Waals surface area contributed by atoms with Gasteiger partial charge in [-0.3, -0.25) is 4.79 Å². The standard InChI is InChI=1S/C15H19NO2/c1-2-15(18)9-16(10-15)14(17)13-7-11-5-3-4-6-12(11)8-13/h3-6,13,18H,2,7-10H2,1H3. The average Bonchev–Trinajstić information content (AvgIpc) is 2.77. The van der Waals surface area contributed by atoms with Gasteiger partial charge in [-0.15, -0.1) is 0 Å². The number of β-amino-alcohol motifs (C(OH)–C–C–N with tert-alkyl or cyclic N) is 1. The number of hydrogen-bond acceptors (Lipinski definition) is 2. The minimum atomic E-state index is -0.624. The van der Waals surface area contributed by atoms with E-state index in [1.165, 1.54) is 11.1 Å². The van der Waals surface area contributed by atoms with Crippen molar-refractivity contribution in [3.05, 3.63) is 35.4 Å². The summed E-state index contributed by atoms with van der Waals surface area (Å²) in [5.74, 6) is 0.299. The summed E-state index contributed by atoms with van der Waals surface area (Å²) in [6.07, 6.45) is 2.44. The molecular weight excluding hydrogens is 226 g/mol. The number of rotatable bonds is 2. The van der Waals surface area contributed by atoms with E-state index < -0.39 is 5.60 Å². The third kappa shape index (κ3) is 1.83. The largest absolute Gasteiger partial charge is 0.386 e. The zero-order valence-electron chi connectivity index (χ0n) is 10.7. The topological polar surface area (TPSA) is 40.5 Å². The molecule has 1 amide bonds. The summed E-state index contributed by atoms with van der Waals surface area (Å²) in [5, 5.41) is 9.96. The van der Waals surface area contributed by atoms with E-state index in [2.05, 4.69) is 12.1 Å². The van der Waals surface area contributed by atoms with E-state index in [9.17, 15) is 9.90 Å². The third-order valence-corrected chi connectivity index (χ3v) is 4.34. The predicted octanol–water partition coefficient (Wildman–Crippen LogP) is 1.38. The molecule has 1 aromatic carbocycles. The summed E-state index contributed by atoms with van der Waals surface area (Å²) in [6, 6.07) is 8.29. The number of aliphatic hydroxyl groups is 1. The lowest BCUT2D eigenvalue weighted by atomic mass is 9.89. The van der Waals surface area contributed by atoms with E-state index >= 15 is 0 Å². The van der Waals surface area contributed by atoms with Crippen LogP contribution in [0, 0.1) is 5.92 Å². The van der Waals surface area contributed by atoms with Crippen molar-refractivity contribution < 1.29 is 9.90 Å². The highest BCUT2D eigenvalue weighted by Crippen LogP contribution is 2.31. The number of likely N-dealkylation sites (tertiary alicyclic amines) is 1. The summed E-state index contributed by atoms with van der Waals surface area (Å²) < 4.78 is 0. The Morgan fingerprint density at radius 2 is 1.89 bits per heavy atom. The van der Waals surface area contributed by atoms with Gasteiger partial charge in [0.25, 0.3) is 0 Å². The molecule has 1 aliphatic heterocycles. The molecule has 0 spiro atoms. The molecule has 0 unspecified atom stereocenters. The number of hydrogen-bond donors (Lipinski definition) is 1. The number of fused-ring (bicyclic) bond motifs is 1. The Labute approximate surface area is 107 Å². The van der Waals surface area contributed by atoms with Gasteiger partial charge in [0.2, 0.25) is 5.91 Å². The molecule has 1 fully saturated rings. The summed E-state index contributed by atoms with van der Waals surface area (Å²) in [4.78, 5) is 14.1. The van der Waals surface area contributed by atoms with Gasteiger partial charge in [-0.05, 0) is 30.4 Å². The second kappa shape index (κ2) is 4.09. The minimum absolute atomic E-state index is 0.0869. The number of carbonyl (C=O) groups is 1. The fourth-order valence-electron chi connectivity index (χ4n) is 3.04. The number of nitrogens with zero attached hydrogens (tertiary/aromatic N) is 1. The van der Waals surface area contributed by atoms with Crippen molar-refractivity contribution in [2.75, 3.05) is 13.1 Å².